The number of nitrogens with one attached hydrogen (secondary N) is 2. The van der Waals surface area contributed by atoms with Crippen molar-refractivity contribution < 1.29 is 19.2 Å². The lowest BCUT2D eigenvalue weighted by molar-refractivity contribution is -0.384. The van der Waals surface area contributed by atoms with Gasteiger partial charge in [0.05, 0.1) is 32.7 Å². The molecule has 0 aliphatic carbocycles. The topological polar surface area (TPSA) is 111 Å². The van der Waals surface area contributed by atoms with Gasteiger partial charge in [0.2, 0.25) is 0 Å². The van der Waals surface area contributed by atoms with E-state index in [-0.39, 0.29) is 27.0 Å². The second-order valence-corrected chi connectivity index (χ2v) is 8.01. The monoisotopic (exact) mass is 519 g/mol. The fraction of sp³-hybridized carbons (Fsp3) is 0.0435. The van der Waals surface area contributed by atoms with Crippen molar-refractivity contribution in [3.63, 3.8) is 0 Å². The van der Waals surface area contributed by atoms with Crippen LogP contribution < -0.4 is 15.4 Å². The highest BCUT2D eigenvalue weighted by atomic mass is 35.5. The summed E-state index contributed by atoms with van der Waals surface area (Å²) in [6.45, 7) is 0. The predicted molar refractivity (Wildman–Crippen MR) is 132 cm³/mol. The molecule has 8 nitrogen and oxygen atoms in total. The van der Waals surface area contributed by atoms with Crippen LogP contribution in [-0.4, -0.2) is 23.8 Å². The van der Waals surface area contributed by atoms with E-state index >= 15 is 0 Å². The first-order valence-electron chi connectivity index (χ1n) is 9.55. The Morgan fingerprint density at radius 1 is 0.971 bits per heavy atom. The number of carbonyl (C=O) groups excluding carboxylic acids is 2. The number of carbonyl (C=O) groups is 2. The van der Waals surface area contributed by atoms with Gasteiger partial charge in [-0.1, -0.05) is 46.9 Å². The fourth-order valence-electron chi connectivity index (χ4n) is 2.82. The van der Waals surface area contributed by atoms with Crippen LogP contribution in [0, 0.1) is 10.1 Å². The molecule has 3 aromatic rings. The lowest BCUT2D eigenvalue weighted by Gasteiger charge is -2.13. The summed E-state index contributed by atoms with van der Waals surface area (Å²) in [7, 11) is 1.46. The number of benzene rings is 3. The average molecular weight is 521 g/mol. The molecule has 0 heterocycles. The Kier molecular flexibility index (Phi) is 8.12. The van der Waals surface area contributed by atoms with Gasteiger partial charge in [-0.3, -0.25) is 19.7 Å². The summed E-state index contributed by atoms with van der Waals surface area (Å²) in [5, 5.41) is 16.9. The second kappa shape index (κ2) is 11.0. The molecule has 2 N–H and O–H groups in total. The summed E-state index contributed by atoms with van der Waals surface area (Å²) in [6.07, 6.45) is 1.30. The zero-order valence-corrected chi connectivity index (χ0v) is 19.7. The summed E-state index contributed by atoms with van der Waals surface area (Å²) < 4.78 is 5.08. The summed E-state index contributed by atoms with van der Waals surface area (Å²) in [6, 6.07) is 14.5. The van der Waals surface area contributed by atoms with Gasteiger partial charge in [-0.15, -0.1) is 0 Å². The Balaban J connectivity index is 1.96. The van der Waals surface area contributed by atoms with Crippen LogP contribution in [0.15, 0.2) is 66.4 Å². The molecule has 0 saturated heterocycles. The standard InChI is InChI=1S/C23H16Cl3N3O5/c1-34-16-6-7-17(19(25)12-16)22(30)28-21(10-13-3-2-4-15(9-13)29(32)33)23(31)27-14-5-8-18(24)20(26)11-14/h2-12H,1H3,(H,27,31)(H,28,30). The van der Waals surface area contributed by atoms with Crippen LogP contribution in [0.3, 0.4) is 0 Å². The van der Waals surface area contributed by atoms with Crippen molar-refractivity contribution in [1.29, 1.82) is 0 Å². The van der Waals surface area contributed by atoms with Gasteiger partial charge in [0.1, 0.15) is 11.4 Å². The van der Waals surface area contributed by atoms with Crippen molar-refractivity contribution in [2.75, 3.05) is 12.4 Å². The molecule has 0 radical (unpaired) electrons. The van der Waals surface area contributed by atoms with Gasteiger partial charge in [0, 0.05) is 17.8 Å². The van der Waals surface area contributed by atoms with E-state index in [9.17, 15) is 19.7 Å². The van der Waals surface area contributed by atoms with Crippen molar-refractivity contribution in [3.05, 3.63) is 103 Å². The van der Waals surface area contributed by atoms with Crippen molar-refractivity contribution in [2.24, 2.45) is 0 Å². The first kappa shape index (κ1) is 25.0. The van der Waals surface area contributed by atoms with Crippen LogP contribution in [0.5, 0.6) is 5.75 Å². The largest absolute Gasteiger partial charge is 0.497 e. The van der Waals surface area contributed by atoms with Crippen LogP contribution >= 0.6 is 34.8 Å². The first-order valence-corrected chi connectivity index (χ1v) is 10.7. The molecule has 0 saturated carbocycles. The Hall–Kier alpha value is -3.59. The maximum absolute atomic E-state index is 13.0. The van der Waals surface area contributed by atoms with E-state index in [1.165, 1.54) is 61.7 Å². The maximum Gasteiger partial charge on any atom is 0.272 e. The van der Waals surface area contributed by atoms with E-state index in [0.717, 1.165) is 0 Å². The number of non-ortho nitro benzene ring substituents is 1. The number of nitro groups is 1. The molecule has 0 aliphatic heterocycles. The molecule has 0 spiro atoms. The minimum absolute atomic E-state index is 0.0924. The number of anilines is 1. The molecule has 11 heteroatoms. The molecular weight excluding hydrogens is 505 g/mol. The number of nitro benzene ring substituents is 1. The highest BCUT2D eigenvalue weighted by Crippen LogP contribution is 2.26. The zero-order valence-electron chi connectivity index (χ0n) is 17.5. The van der Waals surface area contributed by atoms with E-state index in [1.54, 1.807) is 12.1 Å². The van der Waals surface area contributed by atoms with Crippen LogP contribution in [0.4, 0.5) is 11.4 Å². The van der Waals surface area contributed by atoms with Gasteiger partial charge < -0.3 is 15.4 Å². The highest BCUT2D eigenvalue weighted by molar-refractivity contribution is 6.42. The number of nitrogens with zero attached hydrogens (tertiary/aromatic N) is 1. The van der Waals surface area contributed by atoms with Crippen molar-refractivity contribution in [2.45, 2.75) is 0 Å². The van der Waals surface area contributed by atoms with Crippen LogP contribution in [-0.2, 0) is 4.79 Å². The molecule has 2 amide bonds. The third kappa shape index (κ3) is 6.26. The number of halogens is 3. The third-order valence-corrected chi connectivity index (χ3v) is 5.53. The van der Waals surface area contributed by atoms with Gasteiger partial charge in [-0.25, -0.2) is 0 Å². The molecule has 0 aromatic heterocycles. The SMILES string of the molecule is COc1ccc(C(=O)NC(=Cc2cccc([N+](=O)[O-])c2)C(=O)Nc2ccc(Cl)c(Cl)c2)c(Cl)c1. The molecule has 0 atom stereocenters. The number of ether oxygens (including phenoxy) is 1. The van der Waals surface area contributed by atoms with E-state index < -0.39 is 16.7 Å². The molecule has 174 valence electrons. The number of hydrogen-bond acceptors (Lipinski definition) is 5. The van der Waals surface area contributed by atoms with Crippen molar-refractivity contribution in [1.82, 2.24) is 5.32 Å². The Bertz CT molecular complexity index is 1310. The Morgan fingerprint density at radius 2 is 1.74 bits per heavy atom. The maximum atomic E-state index is 13.0. The molecule has 3 aromatic carbocycles. The minimum atomic E-state index is -0.706. The van der Waals surface area contributed by atoms with Crippen LogP contribution in [0.1, 0.15) is 15.9 Å². The third-order valence-electron chi connectivity index (χ3n) is 4.48. The predicted octanol–water partition coefficient (Wildman–Crippen LogP) is 5.97. The van der Waals surface area contributed by atoms with E-state index in [2.05, 4.69) is 10.6 Å². The quantitative estimate of drug-likeness (QED) is 0.226. The summed E-state index contributed by atoms with van der Waals surface area (Å²) in [5.74, 6) is -0.928. The normalized spacial score (nSPS) is 11.0. The minimum Gasteiger partial charge on any atom is -0.497 e. The molecule has 0 unspecified atom stereocenters. The van der Waals surface area contributed by atoms with Gasteiger partial charge in [-0.05, 0) is 48.0 Å². The van der Waals surface area contributed by atoms with Gasteiger partial charge in [0.15, 0.2) is 0 Å². The lowest BCUT2D eigenvalue weighted by Crippen LogP contribution is -2.31. The molecule has 3 rings (SSSR count). The molecule has 0 fully saturated rings. The number of amides is 2. The highest BCUT2D eigenvalue weighted by Gasteiger charge is 2.18. The van der Waals surface area contributed by atoms with Crippen molar-refractivity contribution in [3.8, 4) is 5.75 Å². The number of rotatable bonds is 7. The summed E-state index contributed by atoms with van der Waals surface area (Å²) in [4.78, 5) is 36.5. The van der Waals surface area contributed by atoms with E-state index in [4.69, 9.17) is 39.5 Å². The summed E-state index contributed by atoms with van der Waals surface area (Å²) in [5.41, 5.74) is 0.358. The van der Waals surface area contributed by atoms with Gasteiger partial charge in [-0.2, -0.15) is 0 Å². The Morgan fingerprint density at radius 3 is 2.38 bits per heavy atom. The zero-order chi connectivity index (χ0) is 24.8. The average Bonchev–Trinajstić information content (AvgIpc) is 2.80. The number of hydrogen-bond donors (Lipinski definition) is 2. The van der Waals surface area contributed by atoms with E-state index in [0.29, 0.717) is 22.0 Å². The molecule has 0 aliphatic rings. The van der Waals surface area contributed by atoms with Crippen molar-refractivity contribution >= 4 is 64.1 Å². The fourth-order valence-corrected chi connectivity index (χ4v) is 3.38. The molecule has 34 heavy (non-hydrogen) atoms. The molecular formula is C23H16Cl3N3O5. The summed E-state index contributed by atoms with van der Waals surface area (Å²) >= 11 is 18.1. The molecule has 0 bridgehead atoms. The number of methoxy groups -OCH3 is 1. The van der Waals surface area contributed by atoms with Crippen LogP contribution in [0.2, 0.25) is 15.1 Å². The second-order valence-electron chi connectivity index (χ2n) is 6.79. The Labute approximate surface area is 209 Å². The smallest absolute Gasteiger partial charge is 0.272 e. The van der Waals surface area contributed by atoms with Gasteiger partial charge >= 0.3 is 0 Å². The van der Waals surface area contributed by atoms with Gasteiger partial charge in [0.25, 0.3) is 17.5 Å². The lowest BCUT2D eigenvalue weighted by atomic mass is 10.1. The van der Waals surface area contributed by atoms with E-state index in [1.807, 2.05) is 0 Å². The van der Waals surface area contributed by atoms with Crippen LogP contribution in [0.25, 0.3) is 6.08 Å². The first-order chi connectivity index (χ1) is 16.2.